The number of benzene rings is 2. The maximum atomic E-state index is 12.5. The van der Waals surface area contributed by atoms with E-state index in [1.807, 2.05) is 32.0 Å². The van der Waals surface area contributed by atoms with E-state index in [0.29, 0.717) is 23.4 Å². The Morgan fingerprint density at radius 1 is 1.08 bits per heavy atom. The molecule has 6 nitrogen and oxygen atoms in total. The maximum absolute atomic E-state index is 12.5. The van der Waals surface area contributed by atoms with E-state index in [2.05, 4.69) is 15.1 Å². The second-order valence-electron chi connectivity index (χ2n) is 5.88. The van der Waals surface area contributed by atoms with Crippen molar-refractivity contribution in [1.29, 1.82) is 0 Å². The minimum absolute atomic E-state index is 0.121. The molecular formula is C19H23N3O3S. The Morgan fingerprint density at radius 2 is 1.73 bits per heavy atom. The van der Waals surface area contributed by atoms with Gasteiger partial charge in [0.05, 0.1) is 4.90 Å². The van der Waals surface area contributed by atoms with Crippen LogP contribution in [-0.2, 0) is 10.0 Å². The van der Waals surface area contributed by atoms with Crippen molar-refractivity contribution in [3.8, 4) is 0 Å². The summed E-state index contributed by atoms with van der Waals surface area (Å²) in [5.41, 5.74) is 2.27. The van der Waals surface area contributed by atoms with Crippen LogP contribution in [0.25, 0.3) is 0 Å². The summed E-state index contributed by atoms with van der Waals surface area (Å²) in [6, 6.07) is 15.5. The zero-order valence-corrected chi connectivity index (χ0v) is 15.7. The average Bonchev–Trinajstić information content (AvgIpc) is 2.65. The van der Waals surface area contributed by atoms with Gasteiger partial charge in [0.1, 0.15) is 11.4 Å². The van der Waals surface area contributed by atoms with Gasteiger partial charge in [-0.25, -0.2) is 0 Å². The fourth-order valence-electron chi connectivity index (χ4n) is 2.33. The third kappa shape index (κ3) is 5.16. The summed E-state index contributed by atoms with van der Waals surface area (Å²) in [6.45, 7) is 3.90. The molecule has 0 bridgehead atoms. The molecule has 2 aromatic rings. The number of aryl methyl sites for hydroxylation is 1. The van der Waals surface area contributed by atoms with Gasteiger partial charge in [0.2, 0.25) is 0 Å². The van der Waals surface area contributed by atoms with Crippen molar-refractivity contribution >= 4 is 21.4 Å². The van der Waals surface area contributed by atoms with Crippen LogP contribution in [0.4, 0.5) is 0 Å². The number of unbranched alkanes of at least 4 members (excludes halogenated alkanes) is 1. The molecule has 0 aliphatic heterocycles. The van der Waals surface area contributed by atoms with Gasteiger partial charge in [0, 0.05) is 5.56 Å². The average molecular weight is 373 g/mol. The smallest absolute Gasteiger partial charge is 0.276 e. The zero-order valence-electron chi connectivity index (χ0n) is 14.9. The highest BCUT2D eigenvalue weighted by molar-refractivity contribution is 7.89. The van der Waals surface area contributed by atoms with E-state index in [1.165, 1.54) is 12.1 Å². The summed E-state index contributed by atoms with van der Waals surface area (Å²) >= 11 is 0. The molecule has 0 aliphatic rings. The maximum Gasteiger partial charge on any atom is 0.276 e. The third-order valence-electron chi connectivity index (χ3n) is 3.82. The quantitative estimate of drug-likeness (QED) is 0.420. The number of nitrogens with zero attached hydrogens (tertiary/aromatic N) is 2. The first kappa shape index (κ1) is 19.7. The predicted molar refractivity (Wildman–Crippen MR) is 103 cm³/mol. The molecule has 0 heterocycles. The van der Waals surface area contributed by atoms with Gasteiger partial charge < -0.3 is 5.21 Å². The molecule has 26 heavy (non-hydrogen) atoms. The van der Waals surface area contributed by atoms with Crippen molar-refractivity contribution in [3.05, 3.63) is 65.7 Å². The lowest BCUT2D eigenvalue weighted by molar-refractivity contribution is 0.318. The summed E-state index contributed by atoms with van der Waals surface area (Å²) in [5, 5.41) is 16.8. The van der Waals surface area contributed by atoms with Gasteiger partial charge in [0.15, 0.2) is 0 Å². The van der Waals surface area contributed by atoms with Gasteiger partial charge in [-0.3, -0.25) is 0 Å². The molecule has 0 aliphatic carbocycles. The molecule has 138 valence electrons. The van der Waals surface area contributed by atoms with E-state index in [4.69, 9.17) is 0 Å². The molecule has 0 fully saturated rings. The van der Waals surface area contributed by atoms with E-state index in [1.54, 1.807) is 24.3 Å². The molecule has 0 aromatic heterocycles. The van der Waals surface area contributed by atoms with Gasteiger partial charge in [-0.15, -0.1) is 0 Å². The van der Waals surface area contributed by atoms with Gasteiger partial charge in [0.25, 0.3) is 10.0 Å². The Bertz CT molecular complexity index is 874. The van der Waals surface area contributed by atoms with Gasteiger partial charge in [-0.1, -0.05) is 66.5 Å². The van der Waals surface area contributed by atoms with E-state index in [-0.39, 0.29) is 4.90 Å². The topological polar surface area (TPSA) is 91.1 Å². The standard InChI is InChI=1S/C19H23N3O3S/c1-3-4-10-18(21-23)19(16-8-6-5-7-9-16)20-22-26(24,25)17-13-11-15(2)12-14-17/h5-9,11-14,22-23H,3-4,10H2,1-2H3. The Labute approximate surface area is 154 Å². The molecule has 0 saturated carbocycles. The second kappa shape index (κ2) is 9.15. The Morgan fingerprint density at radius 3 is 2.31 bits per heavy atom. The first-order chi connectivity index (χ1) is 12.5. The summed E-state index contributed by atoms with van der Waals surface area (Å²) in [5.74, 6) is 0. The molecular weight excluding hydrogens is 350 g/mol. The second-order valence-corrected chi connectivity index (χ2v) is 7.55. The molecule has 0 atom stereocenters. The number of hydrogen-bond acceptors (Lipinski definition) is 5. The molecule has 0 saturated heterocycles. The summed E-state index contributed by atoms with van der Waals surface area (Å²) < 4.78 is 25.0. The number of hydrogen-bond donors (Lipinski definition) is 2. The van der Waals surface area contributed by atoms with Crippen molar-refractivity contribution in [1.82, 2.24) is 4.83 Å². The van der Waals surface area contributed by atoms with Crippen LogP contribution in [-0.4, -0.2) is 25.0 Å². The van der Waals surface area contributed by atoms with Gasteiger partial charge in [-0.2, -0.15) is 18.4 Å². The number of nitrogens with one attached hydrogen (secondary N) is 1. The van der Waals surface area contributed by atoms with Crippen LogP contribution in [0.3, 0.4) is 0 Å². The molecule has 0 radical (unpaired) electrons. The van der Waals surface area contributed by atoms with Crippen LogP contribution in [0.1, 0.15) is 37.3 Å². The summed E-state index contributed by atoms with van der Waals surface area (Å²) in [6.07, 6.45) is 2.21. The first-order valence-electron chi connectivity index (χ1n) is 8.41. The number of sulfonamides is 1. The predicted octanol–water partition coefficient (Wildman–Crippen LogP) is 3.70. The van der Waals surface area contributed by atoms with E-state index < -0.39 is 10.0 Å². The minimum atomic E-state index is -3.82. The van der Waals surface area contributed by atoms with Crippen LogP contribution in [0.5, 0.6) is 0 Å². The van der Waals surface area contributed by atoms with Crippen molar-refractivity contribution in [2.24, 2.45) is 10.3 Å². The fourth-order valence-corrected chi connectivity index (χ4v) is 3.14. The normalized spacial score (nSPS) is 12.8. The molecule has 2 aromatic carbocycles. The highest BCUT2D eigenvalue weighted by Gasteiger charge is 2.16. The van der Waals surface area contributed by atoms with Crippen LogP contribution in [0.2, 0.25) is 0 Å². The van der Waals surface area contributed by atoms with Crippen molar-refractivity contribution in [2.45, 2.75) is 38.0 Å². The Hall–Kier alpha value is -2.67. The number of oxime groups is 1. The van der Waals surface area contributed by atoms with Crippen molar-refractivity contribution in [3.63, 3.8) is 0 Å². The monoisotopic (exact) mass is 373 g/mol. The highest BCUT2D eigenvalue weighted by atomic mass is 32.2. The van der Waals surface area contributed by atoms with Gasteiger partial charge in [-0.05, 0) is 31.9 Å². The van der Waals surface area contributed by atoms with Crippen LogP contribution in [0.15, 0.2) is 69.7 Å². The van der Waals surface area contributed by atoms with Crippen molar-refractivity contribution < 1.29 is 13.6 Å². The number of hydrazone groups is 1. The molecule has 0 spiro atoms. The lowest BCUT2D eigenvalue weighted by Gasteiger charge is -2.10. The van der Waals surface area contributed by atoms with E-state index >= 15 is 0 Å². The molecule has 2 N–H and O–H groups in total. The summed E-state index contributed by atoms with van der Waals surface area (Å²) in [7, 11) is -3.82. The highest BCUT2D eigenvalue weighted by Crippen LogP contribution is 2.12. The molecule has 7 heteroatoms. The first-order valence-corrected chi connectivity index (χ1v) is 9.89. The van der Waals surface area contributed by atoms with E-state index in [0.717, 1.165) is 18.4 Å². The number of rotatable bonds is 8. The van der Waals surface area contributed by atoms with E-state index in [9.17, 15) is 13.6 Å². The minimum Gasteiger partial charge on any atom is -0.411 e. The largest absolute Gasteiger partial charge is 0.411 e. The van der Waals surface area contributed by atoms with Crippen molar-refractivity contribution in [2.75, 3.05) is 0 Å². The fraction of sp³-hybridized carbons (Fsp3) is 0.263. The third-order valence-corrected chi connectivity index (χ3v) is 5.04. The zero-order chi connectivity index (χ0) is 19.0. The van der Waals surface area contributed by atoms with Gasteiger partial charge >= 0.3 is 0 Å². The molecule has 0 unspecified atom stereocenters. The lowest BCUT2D eigenvalue weighted by Crippen LogP contribution is -2.24. The Balaban J connectivity index is 2.37. The Kier molecular flexibility index (Phi) is 6.91. The van der Waals surface area contributed by atoms with Crippen LogP contribution in [0, 0.1) is 6.92 Å². The SMILES string of the molecule is CCCCC(=NO)C(=NNS(=O)(=O)c1ccc(C)cc1)c1ccccc1. The van der Waals surface area contributed by atoms with Crippen LogP contribution < -0.4 is 4.83 Å². The summed E-state index contributed by atoms with van der Waals surface area (Å²) in [4.78, 5) is 2.37. The molecule has 0 amide bonds. The van der Waals surface area contributed by atoms with Crippen LogP contribution >= 0.6 is 0 Å². The molecule has 2 rings (SSSR count). The lowest BCUT2D eigenvalue weighted by atomic mass is 10.0.